The standard InChI is InChI=1S/C22H15N3O5S/c23-24-25-31(27,28)18-9-6-15(7-10-18)14-29-17-8-11-19-20(26)13-21(30-22(19)12-17)16-4-2-1-3-5-16/h1-13H,14H2. The van der Waals surface area contributed by atoms with Crippen molar-refractivity contribution in [1.29, 1.82) is 0 Å². The van der Waals surface area contributed by atoms with Crippen LogP contribution in [-0.2, 0) is 16.6 Å². The van der Waals surface area contributed by atoms with Crippen molar-refractivity contribution in [3.63, 3.8) is 0 Å². The second kappa shape index (κ2) is 8.35. The molecule has 0 radical (unpaired) electrons. The summed E-state index contributed by atoms with van der Waals surface area (Å²) >= 11 is 0. The average Bonchev–Trinajstić information content (AvgIpc) is 2.78. The summed E-state index contributed by atoms with van der Waals surface area (Å²) in [6.07, 6.45) is 0. The fraction of sp³-hybridized carbons (Fsp3) is 0.0455. The lowest BCUT2D eigenvalue weighted by Crippen LogP contribution is -2.01. The number of benzene rings is 3. The molecule has 0 aliphatic heterocycles. The summed E-state index contributed by atoms with van der Waals surface area (Å²) in [5.41, 5.74) is 10.1. The molecule has 0 unspecified atom stereocenters. The zero-order chi connectivity index (χ0) is 21.8. The van der Waals surface area contributed by atoms with E-state index in [4.69, 9.17) is 14.7 Å². The Labute approximate surface area is 177 Å². The van der Waals surface area contributed by atoms with Crippen molar-refractivity contribution in [2.75, 3.05) is 0 Å². The van der Waals surface area contributed by atoms with Gasteiger partial charge in [-0.05, 0) is 35.4 Å². The van der Waals surface area contributed by atoms with Crippen molar-refractivity contribution in [3.05, 3.63) is 105 Å². The Morgan fingerprint density at radius 3 is 2.42 bits per heavy atom. The van der Waals surface area contributed by atoms with Crippen molar-refractivity contribution >= 4 is 21.0 Å². The zero-order valence-electron chi connectivity index (χ0n) is 16.0. The molecule has 4 rings (SSSR count). The fourth-order valence-electron chi connectivity index (χ4n) is 2.99. The second-order valence-electron chi connectivity index (χ2n) is 6.58. The molecule has 0 atom stereocenters. The van der Waals surface area contributed by atoms with Gasteiger partial charge in [0.05, 0.1) is 10.3 Å². The molecule has 0 aliphatic carbocycles. The number of ether oxygens (including phenoxy) is 1. The summed E-state index contributed by atoms with van der Waals surface area (Å²) in [5, 5.41) is 0.444. The van der Waals surface area contributed by atoms with Gasteiger partial charge in [-0.3, -0.25) is 4.79 Å². The van der Waals surface area contributed by atoms with Crippen molar-refractivity contribution < 1.29 is 17.6 Å². The Kier molecular flexibility index (Phi) is 5.44. The fourth-order valence-corrected chi connectivity index (χ4v) is 3.66. The third-order valence-corrected chi connectivity index (χ3v) is 5.69. The number of sulfonamides is 1. The summed E-state index contributed by atoms with van der Waals surface area (Å²) < 4.78 is 37.9. The van der Waals surface area contributed by atoms with Gasteiger partial charge in [-0.25, -0.2) is 8.42 Å². The van der Waals surface area contributed by atoms with Gasteiger partial charge in [0.25, 0.3) is 10.0 Å². The van der Waals surface area contributed by atoms with Crippen molar-refractivity contribution in [1.82, 2.24) is 0 Å². The van der Waals surface area contributed by atoms with Gasteiger partial charge >= 0.3 is 0 Å². The number of azide groups is 1. The molecule has 8 nitrogen and oxygen atoms in total. The molecule has 0 saturated heterocycles. The van der Waals surface area contributed by atoms with Crippen molar-refractivity contribution in [3.8, 4) is 17.1 Å². The molecule has 3 aromatic carbocycles. The first-order valence-electron chi connectivity index (χ1n) is 9.13. The first-order chi connectivity index (χ1) is 15.0. The van der Waals surface area contributed by atoms with Crippen molar-refractivity contribution in [2.45, 2.75) is 11.5 Å². The maximum atomic E-state index is 12.4. The third-order valence-electron chi connectivity index (χ3n) is 4.53. The Morgan fingerprint density at radius 2 is 1.71 bits per heavy atom. The molecule has 1 heterocycles. The minimum Gasteiger partial charge on any atom is -0.489 e. The van der Waals surface area contributed by atoms with E-state index in [2.05, 4.69) is 9.43 Å². The summed E-state index contributed by atoms with van der Waals surface area (Å²) in [6.45, 7) is 0.163. The van der Waals surface area contributed by atoms with Crippen LogP contribution in [0.4, 0.5) is 0 Å². The van der Waals surface area contributed by atoms with Crippen LogP contribution in [0.3, 0.4) is 0 Å². The van der Waals surface area contributed by atoms with Crippen LogP contribution in [0.25, 0.3) is 32.7 Å². The van der Waals surface area contributed by atoms with Crippen LogP contribution in [0.5, 0.6) is 5.75 Å². The Morgan fingerprint density at radius 1 is 0.968 bits per heavy atom. The maximum Gasteiger partial charge on any atom is 0.264 e. The smallest absolute Gasteiger partial charge is 0.264 e. The van der Waals surface area contributed by atoms with E-state index in [1.54, 1.807) is 30.3 Å². The van der Waals surface area contributed by atoms with E-state index >= 15 is 0 Å². The van der Waals surface area contributed by atoms with E-state index < -0.39 is 10.0 Å². The number of hydrogen-bond donors (Lipinski definition) is 0. The largest absolute Gasteiger partial charge is 0.489 e. The first-order valence-corrected chi connectivity index (χ1v) is 10.6. The highest BCUT2D eigenvalue weighted by atomic mass is 32.2. The van der Waals surface area contributed by atoms with E-state index in [0.717, 1.165) is 5.56 Å². The minimum absolute atomic E-state index is 0.102. The van der Waals surface area contributed by atoms with Crippen LogP contribution < -0.4 is 10.2 Å². The quantitative estimate of drug-likeness (QED) is 0.239. The highest BCUT2D eigenvalue weighted by Crippen LogP contribution is 2.25. The maximum absolute atomic E-state index is 12.4. The monoisotopic (exact) mass is 433 g/mol. The lowest BCUT2D eigenvalue weighted by Gasteiger charge is -2.08. The zero-order valence-corrected chi connectivity index (χ0v) is 16.8. The predicted octanol–water partition coefficient (Wildman–Crippen LogP) is 5.04. The molecule has 31 heavy (non-hydrogen) atoms. The molecule has 9 heteroatoms. The van der Waals surface area contributed by atoms with E-state index in [1.807, 2.05) is 30.3 Å². The number of fused-ring (bicyclic) bond motifs is 1. The summed E-state index contributed by atoms with van der Waals surface area (Å²) in [7, 11) is -4.02. The number of rotatable bonds is 6. The van der Waals surface area contributed by atoms with Crippen LogP contribution in [-0.4, -0.2) is 8.42 Å². The lowest BCUT2D eigenvalue weighted by molar-refractivity contribution is 0.306. The minimum atomic E-state index is -4.02. The van der Waals surface area contributed by atoms with Gasteiger partial charge in [-0.15, -0.1) is 0 Å². The number of nitrogens with zero attached hydrogens (tertiary/aromatic N) is 3. The second-order valence-corrected chi connectivity index (χ2v) is 8.16. The number of hydrogen-bond acceptors (Lipinski definition) is 5. The van der Waals surface area contributed by atoms with Gasteiger partial charge in [-0.1, -0.05) is 42.5 Å². The molecule has 0 spiro atoms. The molecule has 1 aromatic heterocycles. The van der Waals surface area contributed by atoms with E-state index in [9.17, 15) is 13.2 Å². The van der Waals surface area contributed by atoms with E-state index in [1.165, 1.54) is 18.2 Å². The Balaban J connectivity index is 1.56. The highest BCUT2D eigenvalue weighted by molar-refractivity contribution is 7.90. The Bertz CT molecular complexity index is 1460. The molecule has 0 N–H and O–H groups in total. The highest BCUT2D eigenvalue weighted by Gasteiger charge is 2.12. The summed E-state index contributed by atoms with van der Waals surface area (Å²) in [6, 6.07) is 21.5. The Hall–Kier alpha value is -4.07. The van der Waals surface area contributed by atoms with Gasteiger partial charge in [0.15, 0.2) is 5.43 Å². The van der Waals surface area contributed by atoms with Gasteiger partial charge in [0.1, 0.15) is 23.7 Å². The summed E-state index contributed by atoms with van der Waals surface area (Å²) in [5.74, 6) is 0.957. The molecule has 4 aromatic rings. The lowest BCUT2D eigenvalue weighted by atomic mass is 10.1. The van der Waals surface area contributed by atoms with Gasteiger partial charge in [0.2, 0.25) is 0 Å². The predicted molar refractivity (Wildman–Crippen MR) is 115 cm³/mol. The average molecular weight is 433 g/mol. The molecule has 0 amide bonds. The van der Waals surface area contributed by atoms with Gasteiger partial charge in [-0.2, -0.15) is 0 Å². The molecule has 0 aliphatic rings. The first kappa shape index (κ1) is 20.2. The van der Waals surface area contributed by atoms with E-state index in [-0.39, 0.29) is 16.9 Å². The summed E-state index contributed by atoms with van der Waals surface area (Å²) in [4.78, 5) is 14.7. The van der Waals surface area contributed by atoms with Gasteiger partial charge < -0.3 is 9.15 Å². The molecule has 154 valence electrons. The van der Waals surface area contributed by atoms with Crippen LogP contribution >= 0.6 is 0 Å². The van der Waals surface area contributed by atoms with E-state index in [0.29, 0.717) is 28.0 Å². The van der Waals surface area contributed by atoms with Gasteiger partial charge in [0, 0.05) is 27.1 Å². The van der Waals surface area contributed by atoms with Crippen molar-refractivity contribution in [2.24, 2.45) is 4.52 Å². The van der Waals surface area contributed by atoms with Crippen LogP contribution in [0.2, 0.25) is 0 Å². The molecule has 0 saturated carbocycles. The van der Waals surface area contributed by atoms with Crippen LogP contribution in [0, 0.1) is 0 Å². The SMILES string of the molecule is [N-]=[N+]=NS(=O)(=O)c1ccc(COc2ccc3c(=O)cc(-c4ccccc4)oc3c2)cc1. The van der Waals surface area contributed by atoms with Crippen LogP contribution in [0.1, 0.15) is 5.56 Å². The molecule has 0 bridgehead atoms. The molecular weight excluding hydrogens is 418 g/mol. The molecular formula is C22H15N3O5S. The molecule has 0 fully saturated rings. The van der Waals surface area contributed by atoms with Crippen LogP contribution in [0.15, 0.2) is 97.5 Å². The topological polar surface area (TPSA) is 122 Å². The third kappa shape index (κ3) is 4.42. The normalized spacial score (nSPS) is 11.1.